The van der Waals surface area contributed by atoms with Gasteiger partial charge < -0.3 is 10.0 Å². The highest BCUT2D eigenvalue weighted by Gasteiger charge is 2.19. The van der Waals surface area contributed by atoms with Gasteiger partial charge in [-0.1, -0.05) is 0 Å². The molecule has 0 fully saturated rings. The Kier molecular flexibility index (Phi) is 2.99. The van der Waals surface area contributed by atoms with Gasteiger partial charge in [0.1, 0.15) is 0 Å². The Bertz CT molecular complexity index is 471. The van der Waals surface area contributed by atoms with Gasteiger partial charge in [0.2, 0.25) is 0 Å². The molecule has 90 valence electrons. The topological polar surface area (TPSA) is 69.6 Å². The number of carbonyl (C=O) groups excluding carboxylic acids is 1. The zero-order valence-corrected chi connectivity index (χ0v) is 9.56. The van der Waals surface area contributed by atoms with E-state index in [2.05, 4.69) is 5.32 Å². The molecule has 1 aliphatic heterocycles. The van der Waals surface area contributed by atoms with Crippen LogP contribution in [0.4, 0.5) is 10.5 Å². The molecule has 0 unspecified atom stereocenters. The predicted molar refractivity (Wildman–Crippen MR) is 63.4 cm³/mol. The van der Waals surface area contributed by atoms with E-state index >= 15 is 0 Å². The average Bonchev–Trinajstić information content (AvgIpc) is 2.39. The molecule has 0 radical (unpaired) electrons. The molecule has 2 amide bonds. The number of rotatable bonds is 1. The number of amides is 2. The SMILES string of the molecule is CN1CCCc2cc(NC(=O)O)ccc2C1=O. The van der Waals surface area contributed by atoms with Gasteiger partial charge in [0, 0.05) is 24.8 Å². The molecule has 1 aliphatic rings. The lowest BCUT2D eigenvalue weighted by molar-refractivity contribution is 0.0800. The third kappa shape index (κ3) is 2.38. The summed E-state index contributed by atoms with van der Waals surface area (Å²) >= 11 is 0. The number of hydrogen-bond donors (Lipinski definition) is 2. The molecular weight excluding hydrogens is 220 g/mol. The second-order valence-electron chi connectivity index (χ2n) is 4.13. The number of hydrogen-bond acceptors (Lipinski definition) is 2. The summed E-state index contributed by atoms with van der Waals surface area (Å²) in [4.78, 5) is 24.2. The van der Waals surface area contributed by atoms with Gasteiger partial charge in [-0.2, -0.15) is 0 Å². The van der Waals surface area contributed by atoms with Crippen LogP contribution in [0.2, 0.25) is 0 Å². The highest BCUT2D eigenvalue weighted by Crippen LogP contribution is 2.21. The summed E-state index contributed by atoms with van der Waals surface area (Å²) in [6.07, 6.45) is 0.591. The van der Waals surface area contributed by atoms with Crippen LogP contribution in [0.1, 0.15) is 22.3 Å². The summed E-state index contributed by atoms with van der Waals surface area (Å²) in [6.45, 7) is 0.731. The van der Waals surface area contributed by atoms with Crippen LogP contribution < -0.4 is 5.32 Å². The summed E-state index contributed by atoms with van der Waals surface area (Å²) in [6, 6.07) is 5.04. The van der Waals surface area contributed by atoms with Crippen molar-refractivity contribution >= 4 is 17.7 Å². The number of nitrogens with one attached hydrogen (secondary N) is 1. The first kappa shape index (κ1) is 11.4. The molecule has 2 rings (SSSR count). The predicted octanol–water partition coefficient (Wildman–Crippen LogP) is 1.79. The van der Waals surface area contributed by atoms with Crippen molar-refractivity contribution in [2.45, 2.75) is 12.8 Å². The second kappa shape index (κ2) is 4.45. The van der Waals surface area contributed by atoms with E-state index < -0.39 is 6.09 Å². The van der Waals surface area contributed by atoms with Crippen molar-refractivity contribution in [1.82, 2.24) is 4.90 Å². The van der Waals surface area contributed by atoms with Gasteiger partial charge >= 0.3 is 6.09 Å². The minimum atomic E-state index is -1.10. The Balaban J connectivity index is 2.35. The Morgan fingerprint density at radius 2 is 2.24 bits per heavy atom. The molecular formula is C12H14N2O3. The normalized spacial score (nSPS) is 15.1. The first-order valence-electron chi connectivity index (χ1n) is 5.46. The molecule has 0 spiro atoms. The van der Waals surface area contributed by atoms with Gasteiger partial charge in [-0.05, 0) is 36.6 Å². The van der Waals surface area contributed by atoms with Crippen molar-refractivity contribution in [3.63, 3.8) is 0 Å². The lowest BCUT2D eigenvalue weighted by atomic mass is 10.0. The molecule has 0 atom stereocenters. The Morgan fingerprint density at radius 1 is 1.47 bits per heavy atom. The smallest absolute Gasteiger partial charge is 0.409 e. The number of fused-ring (bicyclic) bond motifs is 1. The summed E-state index contributed by atoms with van der Waals surface area (Å²) in [5.41, 5.74) is 2.08. The monoisotopic (exact) mass is 234 g/mol. The Labute approximate surface area is 99.0 Å². The van der Waals surface area contributed by atoms with Crippen LogP contribution in [0.25, 0.3) is 0 Å². The molecule has 0 bridgehead atoms. The number of aryl methyl sites for hydroxylation is 1. The van der Waals surface area contributed by atoms with Gasteiger partial charge in [0.15, 0.2) is 0 Å². The molecule has 1 aromatic carbocycles. The van der Waals surface area contributed by atoms with E-state index in [4.69, 9.17) is 5.11 Å². The first-order valence-corrected chi connectivity index (χ1v) is 5.46. The van der Waals surface area contributed by atoms with Gasteiger partial charge in [0.25, 0.3) is 5.91 Å². The lowest BCUT2D eigenvalue weighted by Crippen LogP contribution is -2.26. The molecule has 5 heteroatoms. The van der Waals surface area contributed by atoms with Gasteiger partial charge in [-0.15, -0.1) is 0 Å². The Hall–Kier alpha value is -2.04. The number of carbonyl (C=O) groups is 2. The van der Waals surface area contributed by atoms with Crippen molar-refractivity contribution in [3.8, 4) is 0 Å². The summed E-state index contributed by atoms with van der Waals surface area (Å²) in [5.74, 6) is -0.000579. The zero-order valence-electron chi connectivity index (χ0n) is 9.56. The highest BCUT2D eigenvalue weighted by molar-refractivity contribution is 5.96. The maximum absolute atomic E-state index is 12.0. The number of nitrogens with zero attached hydrogens (tertiary/aromatic N) is 1. The largest absolute Gasteiger partial charge is 0.465 e. The molecule has 2 N–H and O–H groups in total. The first-order chi connectivity index (χ1) is 8.08. The van der Waals surface area contributed by atoms with Crippen molar-refractivity contribution < 1.29 is 14.7 Å². The fourth-order valence-electron chi connectivity index (χ4n) is 2.02. The third-order valence-electron chi connectivity index (χ3n) is 2.87. The Morgan fingerprint density at radius 3 is 2.94 bits per heavy atom. The van der Waals surface area contributed by atoms with Crippen LogP contribution >= 0.6 is 0 Å². The molecule has 1 heterocycles. The summed E-state index contributed by atoms with van der Waals surface area (Å²) < 4.78 is 0. The van der Waals surface area contributed by atoms with Crippen LogP contribution in [0.3, 0.4) is 0 Å². The van der Waals surface area contributed by atoms with Crippen LogP contribution in [0, 0.1) is 0 Å². The zero-order chi connectivity index (χ0) is 12.4. The summed E-state index contributed by atoms with van der Waals surface area (Å²) in [7, 11) is 1.78. The van der Waals surface area contributed by atoms with Crippen LogP contribution in [0.5, 0.6) is 0 Å². The van der Waals surface area contributed by atoms with Crippen LogP contribution in [-0.4, -0.2) is 35.6 Å². The minimum absolute atomic E-state index is 0.000579. The van der Waals surface area contributed by atoms with E-state index in [-0.39, 0.29) is 5.91 Å². The molecule has 0 saturated heterocycles. The molecule has 5 nitrogen and oxygen atoms in total. The molecule has 1 aromatic rings. The van der Waals surface area contributed by atoms with E-state index in [0.29, 0.717) is 11.3 Å². The fourth-order valence-corrected chi connectivity index (χ4v) is 2.02. The number of carboxylic acid groups (broad SMARTS) is 1. The van der Waals surface area contributed by atoms with E-state index in [1.54, 1.807) is 30.1 Å². The van der Waals surface area contributed by atoms with Crippen molar-refractivity contribution in [2.75, 3.05) is 18.9 Å². The molecule has 17 heavy (non-hydrogen) atoms. The lowest BCUT2D eigenvalue weighted by Gasteiger charge is -2.14. The highest BCUT2D eigenvalue weighted by atomic mass is 16.4. The van der Waals surface area contributed by atoms with E-state index in [9.17, 15) is 9.59 Å². The average molecular weight is 234 g/mol. The molecule has 0 saturated carbocycles. The maximum Gasteiger partial charge on any atom is 0.409 e. The second-order valence-corrected chi connectivity index (χ2v) is 4.13. The molecule has 0 aromatic heterocycles. The van der Waals surface area contributed by atoms with E-state index in [1.807, 2.05) is 0 Å². The van der Waals surface area contributed by atoms with E-state index in [1.165, 1.54) is 0 Å². The van der Waals surface area contributed by atoms with E-state index in [0.717, 1.165) is 24.9 Å². The van der Waals surface area contributed by atoms with Crippen molar-refractivity contribution in [2.24, 2.45) is 0 Å². The third-order valence-corrected chi connectivity index (χ3v) is 2.87. The van der Waals surface area contributed by atoms with Gasteiger partial charge in [-0.25, -0.2) is 4.79 Å². The van der Waals surface area contributed by atoms with Gasteiger partial charge in [0.05, 0.1) is 0 Å². The van der Waals surface area contributed by atoms with Crippen molar-refractivity contribution in [1.29, 1.82) is 0 Å². The fraction of sp³-hybridized carbons (Fsp3) is 0.333. The van der Waals surface area contributed by atoms with Crippen molar-refractivity contribution in [3.05, 3.63) is 29.3 Å². The quantitative estimate of drug-likeness (QED) is 0.778. The molecule has 0 aliphatic carbocycles. The van der Waals surface area contributed by atoms with Gasteiger partial charge in [-0.3, -0.25) is 10.1 Å². The number of anilines is 1. The minimum Gasteiger partial charge on any atom is -0.465 e. The van der Waals surface area contributed by atoms with Crippen LogP contribution in [0.15, 0.2) is 18.2 Å². The standard InChI is InChI=1S/C12H14N2O3/c1-14-6-2-3-8-7-9(13-12(16)17)4-5-10(8)11(14)15/h4-5,7,13H,2-3,6H2,1H3,(H,16,17). The maximum atomic E-state index is 12.0. The summed E-state index contributed by atoms with van der Waals surface area (Å²) in [5, 5.41) is 10.9. The van der Waals surface area contributed by atoms with Crippen LogP contribution in [-0.2, 0) is 6.42 Å². The number of benzene rings is 1.